The van der Waals surface area contributed by atoms with Crippen LogP contribution >= 0.6 is 0 Å². The van der Waals surface area contributed by atoms with Crippen molar-refractivity contribution in [2.24, 2.45) is 0 Å². The Labute approximate surface area is 113 Å². The van der Waals surface area contributed by atoms with Gasteiger partial charge in [0.1, 0.15) is 0 Å². The molecular formula is C15H19NO3. The topological polar surface area (TPSA) is 46.6 Å². The summed E-state index contributed by atoms with van der Waals surface area (Å²) in [4.78, 5) is 25.1. The molecule has 1 heterocycles. The van der Waals surface area contributed by atoms with Crippen LogP contribution in [0.3, 0.4) is 0 Å². The van der Waals surface area contributed by atoms with E-state index in [0.717, 1.165) is 18.7 Å². The van der Waals surface area contributed by atoms with E-state index in [-0.39, 0.29) is 24.6 Å². The lowest BCUT2D eigenvalue weighted by Gasteiger charge is -2.18. The summed E-state index contributed by atoms with van der Waals surface area (Å²) in [6, 6.07) is 8.14. The van der Waals surface area contributed by atoms with Crippen molar-refractivity contribution in [2.75, 3.05) is 24.6 Å². The number of hydrogen-bond donors (Lipinski definition) is 0. The zero-order valence-electron chi connectivity index (χ0n) is 11.2. The van der Waals surface area contributed by atoms with Gasteiger partial charge >= 0.3 is 5.97 Å². The van der Waals surface area contributed by atoms with Gasteiger partial charge in [0.25, 0.3) is 0 Å². The van der Waals surface area contributed by atoms with Crippen molar-refractivity contribution in [3.05, 3.63) is 29.8 Å². The second-order valence-corrected chi connectivity index (χ2v) is 4.64. The third-order valence-corrected chi connectivity index (χ3v) is 3.26. The van der Waals surface area contributed by atoms with Crippen molar-refractivity contribution in [1.82, 2.24) is 0 Å². The molecule has 0 saturated carbocycles. The molecule has 0 spiro atoms. The van der Waals surface area contributed by atoms with Crippen LogP contribution in [0, 0.1) is 0 Å². The lowest BCUT2D eigenvalue weighted by Crippen LogP contribution is -2.28. The van der Waals surface area contributed by atoms with Gasteiger partial charge in [-0.15, -0.1) is 0 Å². The first-order valence-electron chi connectivity index (χ1n) is 6.71. The summed E-state index contributed by atoms with van der Waals surface area (Å²) in [6.45, 7) is 3.40. The molecule has 0 bridgehead atoms. The molecule has 0 amide bonds. The number of ketones is 1. The molecule has 2 rings (SSSR count). The number of carbonyl (C=O) groups excluding carboxylic acids is 2. The molecule has 4 nitrogen and oxygen atoms in total. The van der Waals surface area contributed by atoms with E-state index in [1.165, 1.54) is 5.56 Å². The van der Waals surface area contributed by atoms with Crippen molar-refractivity contribution in [1.29, 1.82) is 0 Å². The van der Waals surface area contributed by atoms with Gasteiger partial charge in [-0.3, -0.25) is 9.59 Å². The minimum Gasteiger partial charge on any atom is -0.466 e. The number of benzene rings is 1. The number of hydrogen-bond acceptors (Lipinski definition) is 4. The van der Waals surface area contributed by atoms with Gasteiger partial charge < -0.3 is 9.64 Å². The molecule has 0 N–H and O–H groups in total. The van der Waals surface area contributed by atoms with Gasteiger partial charge in [0.05, 0.1) is 19.6 Å². The van der Waals surface area contributed by atoms with Crippen LogP contribution in [-0.2, 0) is 20.7 Å². The Balaban J connectivity index is 1.82. The molecule has 0 fully saturated rings. The Morgan fingerprint density at radius 3 is 2.84 bits per heavy atom. The van der Waals surface area contributed by atoms with Crippen LogP contribution in [-0.4, -0.2) is 31.4 Å². The second kappa shape index (κ2) is 6.36. The van der Waals surface area contributed by atoms with Gasteiger partial charge in [0, 0.05) is 18.7 Å². The summed E-state index contributed by atoms with van der Waals surface area (Å²) in [7, 11) is 0. The number of ether oxygens (including phenoxy) is 1. The fourth-order valence-electron chi connectivity index (χ4n) is 2.34. The van der Waals surface area contributed by atoms with Crippen LogP contribution in [0.15, 0.2) is 24.3 Å². The maximum atomic E-state index is 11.9. The van der Waals surface area contributed by atoms with Gasteiger partial charge in [-0.25, -0.2) is 0 Å². The van der Waals surface area contributed by atoms with Gasteiger partial charge in [-0.1, -0.05) is 18.2 Å². The van der Waals surface area contributed by atoms with Crippen LogP contribution in [0.4, 0.5) is 5.69 Å². The van der Waals surface area contributed by atoms with E-state index in [1.807, 2.05) is 18.2 Å². The fraction of sp³-hybridized carbons (Fsp3) is 0.467. The minimum atomic E-state index is -0.294. The third-order valence-electron chi connectivity index (χ3n) is 3.26. The predicted octanol–water partition coefficient (Wildman–Crippen LogP) is 1.96. The average molecular weight is 261 g/mol. The van der Waals surface area contributed by atoms with E-state index < -0.39 is 0 Å². The predicted molar refractivity (Wildman–Crippen MR) is 73.2 cm³/mol. The molecule has 1 aliphatic heterocycles. The summed E-state index contributed by atoms with van der Waals surface area (Å²) in [5, 5.41) is 0. The number of fused-ring (bicyclic) bond motifs is 1. The standard InChI is InChI=1S/C15H19NO3/c1-2-19-15(18)8-7-13(17)11-16-10-9-12-5-3-4-6-14(12)16/h3-6H,2,7-11H2,1H3. The van der Waals surface area contributed by atoms with Crippen LogP contribution in [0.5, 0.6) is 0 Å². The van der Waals surface area contributed by atoms with E-state index in [1.54, 1.807) is 6.92 Å². The van der Waals surface area contributed by atoms with Gasteiger partial charge in [-0.2, -0.15) is 0 Å². The number of Topliss-reactive ketones (excluding diaryl/α,β-unsaturated/α-hetero) is 1. The lowest BCUT2D eigenvalue weighted by atomic mass is 10.2. The molecule has 4 heteroatoms. The summed E-state index contributed by atoms with van der Waals surface area (Å²) in [5.74, 6) is -0.206. The van der Waals surface area contributed by atoms with Gasteiger partial charge in [0.2, 0.25) is 0 Å². The van der Waals surface area contributed by atoms with E-state index in [4.69, 9.17) is 4.74 Å². The van der Waals surface area contributed by atoms with Crippen molar-refractivity contribution < 1.29 is 14.3 Å². The first-order valence-corrected chi connectivity index (χ1v) is 6.71. The molecule has 1 aromatic carbocycles. The molecule has 19 heavy (non-hydrogen) atoms. The maximum absolute atomic E-state index is 11.9. The Bertz CT molecular complexity index is 470. The number of esters is 1. The number of rotatable bonds is 6. The molecular weight excluding hydrogens is 242 g/mol. The van der Waals surface area contributed by atoms with Crippen molar-refractivity contribution in [2.45, 2.75) is 26.2 Å². The first kappa shape index (κ1) is 13.6. The highest BCUT2D eigenvalue weighted by molar-refractivity contribution is 5.87. The van der Waals surface area contributed by atoms with Crippen molar-refractivity contribution >= 4 is 17.4 Å². The Morgan fingerprint density at radius 1 is 1.26 bits per heavy atom. The molecule has 0 aromatic heterocycles. The van der Waals surface area contributed by atoms with Crippen molar-refractivity contribution in [3.8, 4) is 0 Å². The largest absolute Gasteiger partial charge is 0.466 e. The van der Waals surface area contributed by atoms with Gasteiger partial charge in [-0.05, 0) is 25.0 Å². The van der Waals surface area contributed by atoms with Crippen LogP contribution in [0.2, 0.25) is 0 Å². The Kier molecular flexibility index (Phi) is 4.55. The SMILES string of the molecule is CCOC(=O)CCC(=O)CN1CCc2ccccc21. The summed E-state index contributed by atoms with van der Waals surface area (Å²) >= 11 is 0. The van der Waals surface area contributed by atoms with E-state index in [0.29, 0.717) is 13.2 Å². The molecule has 1 aliphatic rings. The third kappa shape index (κ3) is 3.56. The maximum Gasteiger partial charge on any atom is 0.306 e. The average Bonchev–Trinajstić information content (AvgIpc) is 2.80. The van der Waals surface area contributed by atoms with Crippen LogP contribution in [0.1, 0.15) is 25.3 Å². The zero-order chi connectivity index (χ0) is 13.7. The number of nitrogens with zero attached hydrogens (tertiary/aromatic N) is 1. The van der Waals surface area contributed by atoms with E-state index in [2.05, 4.69) is 11.0 Å². The van der Waals surface area contributed by atoms with E-state index in [9.17, 15) is 9.59 Å². The first-order chi connectivity index (χ1) is 9.20. The second-order valence-electron chi connectivity index (χ2n) is 4.64. The number of carbonyl (C=O) groups is 2. The highest BCUT2D eigenvalue weighted by atomic mass is 16.5. The van der Waals surface area contributed by atoms with Crippen LogP contribution < -0.4 is 4.90 Å². The highest BCUT2D eigenvalue weighted by Crippen LogP contribution is 2.27. The Morgan fingerprint density at radius 2 is 2.05 bits per heavy atom. The molecule has 102 valence electrons. The summed E-state index contributed by atoms with van der Waals surface area (Å²) in [5.41, 5.74) is 2.44. The molecule has 0 saturated heterocycles. The minimum absolute atomic E-state index is 0.0877. The van der Waals surface area contributed by atoms with Crippen LogP contribution in [0.25, 0.3) is 0 Å². The molecule has 0 unspecified atom stereocenters. The van der Waals surface area contributed by atoms with E-state index >= 15 is 0 Å². The smallest absolute Gasteiger partial charge is 0.306 e. The number of para-hydroxylation sites is 1. The Hall–Kier alpha value is -1.84. The van der Waals surface area contributed by atoms with Gasteiger partial charge in [0.15, 0.2) is 5.78 Å². The van der Waals surface area contributed by atoms with Crippen molar-refractivity contribution in [3.63, 3.8) is 0 Å². The zero-order valence-corrected chi connectivity index (χ0v) is 11.2. The quantitative estimate of drug-likeness (QED) is 0.734. The molecule has 1 aromatic rings. The molecule has 0 aliphatic carbocycles. The lowest BCUT2D eigenvalue weighted by molar-refractivity contribution is -0.144. The highest BCUT2D eigenvalue weighted by Gasteiger charge is 2.20. The molecule has 0 radical (unpaired) electrons. The fourth-order valence-corrected chi connectivity index (χ4v) is 2.34. The summed E-state index contributed by atoms with van der Waals surface area (Å²) < 4.78 is 4.81. The normalized spacial score (nSPS) is 13.2. The number of anilines is 1. The summed E-state index contributed by atoms with van der Waals surface area (Å²) in [6.07, 6.45) is 1.43. The monoisotopic (exact) mass is 261 g/mol. The molecule has 0 atom stereocenters.